The fourth-order valence-corrected chi connectivity index (χ4v) is 1.82. The van der Waals surface area contributed by atoms with Gasteiger partial charge >= 0.3 is 5.97 Å². The zero-order valence-corrected chi connectivity index (χ0v) is 10.2. The molecule has 1 N–H and O–H groups in total. The number of sulfonamides is 1. The molecule has 16 heavy (non-hydrogen) atoms. The van der Waals surface area contributed by atoms with Crippen LogP contribution in [-0.2, 0) is 14.8 Å². The van der Waals surface area contributed by atoms with E-state index in [9.17, 15) is 13.2 Å². The van der Waals surface area contributed by atoms with E-state index >= 15 is 0 Å². The molecular weight excluding hydrogens is 254 g/mol. The van der Waals surface area contributed by atoms with Crippen molar-refractivity contribution in [3.05, 3.63) is 28.8 Å². The van der Waals surface area contributed by atoms with E-state index in [1.807, 2.05) is 0 Å². The molecule has 0 aliphatic carbocycles. The predicted molar refractivity (Wildman–Crippen MR) is 61.3 cm³/mol. The van der Waals surface area contributed by atoms with Gasteiger partial charge in [0.2, 0.25) is 10.0 Å². The van der Waals surface area contributed by atoms with Crippen molar-refractivity contribution < 1.29 is 17.9 Å². The number of anilines is 1. The molecule has 5 nitrogen and oxygen atoms in total. The monoisotopic (exact) mass is 263 g/mol. The Morgan fingerprint density at radius 1 is 1.44 bits per heavy atom. The van der Waals surface area contributed by atoms with Crippen molar-refractivity contribution in [3.63, 3.8) is 0 Å². The summed E-state index contributed by atoms with van der Waals surface area (Å²) in [6.45, 7) is 0. The fourth-order valence-electron chi connectivity index (χ4n) is 1.07. The van der Waals surface area contributed by atoms with Crippen LogP contribution >= 0.6 is 11.6 Å². The summed E-state index contributed by atoms with van der Waals surface area (Å²) in [5, 5.41) is 0.200. The summed E-state index contributed by atoms with van der Waals surface area (Å²) in [6.07, 6.45) is 1.01. The smallest absolute Gasteiger partial charge is 0.339 e. The lowest BCUT2D eigenvalue weighted by Crippen LogP contribution is -2.10. The normalized spacial score (nSPS) is 10.9. The quantitative estimate of drug-likeness (QED) is 0.839. The highest BCUT2D eigenvalue weighted by molar-refractivity contribution is 7.92. The van der Waals surface area contributed by atoms with Gasteiger partial charge in [0, 0.05) is 5.69 Å². The van der Waals surface area contributed by atoms with Gasteiger partial charge in [0.05, 0.1) is 24.0 Å². The van der Waals surface area contributed by atoms with E-state index in [1.165, 1.54) is 25.3 Å². The number of hydrogen-bond acceptors (Lipinski definition) is 4. The lowest BCUT2D eigenvalue weighted by atomic mass is 10.2. The molecule has 0 fully saturated rings. The maximum absolute atomic E-state index is 11.3. The van der Waals surface area contributed by atoms with Gasteiger partial charge < -0.3 is 4.74 Å². The molecule has 0 bridgehead atoms. The molecular formula is C9H10ClNO4S. The zero-order valence-electron chi connectivity index (χ0n) is 8.65. The number of hydrogen-bond donors (Lipinski definition) is 1. The van der Waals surface area contributed by atoms with Gasteiger partial charge in [-0.2, -0.15) is 0 Å². The standard InChI is InChI=1S/C9H10ClNO4S/c1-15-9(12)7-5-6(3-4-8(7)10)11-16(2,13)14/h3-5,11H,1-2H3. The molecule has 0 saturated carbocycles. The Bertz CT molecular complexity index is 512. The van der Waals surface area contributed by atoms with E-state index in [1.54, 1.807) is 0 Å². The second-order valence-corrected chi connectivity index (χ2v) is 5.22. The molecule has 0 unspecified atom stereocenters. The molecule has 0 radical (unpaired) electrons. The SMILES string of the molecule is COC(=O)c1cc(NS(C)(=O)=O)ccc1Cl. The van der Waals surface area contributed by atoms with E-state index in [0.29, 0.717) is 0 Å². The van der Waals surface area contributed by atoms with E-state index in [4.69, 9.17) is 11.6 Å². The minimum Gasteiger partial charge on any atom is -0.465 e. The summed E-state index contributed by atoms with van der Waals surface area (Å²) in [4.78, 5) is 11.3. The van der Waals surface area contributed by atoms with Crippen LogP contribution in [0.1, 0.15) is 10.4 Å². The van der Waals surface area contributed by atoms with Gasteiger partial charge in [0.25, 0.3) is 0 Å². The number of methoxy groups -OCH3 is 1. The second kappa shape index (κ2) is 4.71. The summed E-state index contributed by atoms with van der Waals surface area (Å²) in [6, 6.07) is 4.19. The molecule has 0 aromatic heterocycles. The van der Waals surface area contributed by atoms with Crippen molar-refractivity contribution in [2.75, 3.05) is 18.1 Å². The molecule has 1 rings (SSSR count). The van der Waals surface area contributed by atoms with Crippen molar-refractivity contribution in [1.82, 2.24) is 0 Å². The Balaban J connectivity index is 3.12. The average molecular weight is 264 g/mol. The first kappa shape index (κ1) is 12.8. The number of esters is 1. The van der Waals surface area contributed by atoms with E-state index in [2.05, 4.69) is 9.46 Å². The largest absolute Gasteiger partial charge is 0.465 e. The van der Waals surface area contributed by atoms with E-state index in [0.717, 1.165) is 6.26 Å². The van der Waals surface area contributed by atoms with Crippen molar-refractivity contribution in [2.24, 2.45) is 0 Å². The second-order valence-electron chi connectivity index (χ2n) is 3.06. The third-order valence-electron chi connectivity index (χ3n) is 1.67. The van der Waals surface area contributed by atoms with Crippen LogP contribution in [0.25, 0.3) is 0 Å². The topological polar surface area (TPSA) is 72.5 Å². The highest BCUT2D eigenvalue weighted by Crippen LogP contribution is 2.21. The van der Waals surface area contributed by atoms with E-state index in [-0.39, 0.29) is 16.3 Å². The molecule has 0 aliphatic heterocycles. The Kier molecular flexibility index (Phi) is 3.77. The van der Waals surface area contributed by atoms with Gasteiger partial charge in [0.15, 0.2) is 0 Å². The number of carbonyl (C=O) groups excluding carboxylic acids is 1. The molecule has 7 heteroatoms. The van der Waals surface area contributed by atoms with Crippen molar-refractivity contribution in [1.29, 1.82) is 0 Å². The predicted octanol–water partition coefficient (Wildman–Crippen LogP) is 1.50. The molecule has 1 aromatic carbocycles. The van der Waals surface area contributed by atoms with Gasteiger partial charge in [0.1, 0.15) is 0 Å². The van der Waals surface area contributed by atoms with Gasteiger partial charge in [-0.15, -0.1) is 0 Å². The van der Waals surface area contributed by atoms with Crippen molar-refractivity contribution in [3.8, 4) is 0 Å². The number of rotatable bonds is 3. The van der Waals surface area contributed by atoms with Crippen LogP contribution in [-0.4, -0.2) is 27.8 Å². The molecule has 1 aromatic rings. The minimum atomic E-state index is -3.38. The van der Waals surface area contributed by atoms with Gasteiger partial charge in [-0.1, -0.05) is 11.6 Å². The maximum atomic E-state index is 11.3. The third kappa shape index (κ3) is 3.39. The Morgan fingerprint density at radius 3 is 2.56 bits per heavy atom. The fraction of sp³-hybridized carbons (Fsp3) is 0.222. The lowest BCUT2D eigenvalue weighted by Gasteiger charge is -2.07. The molecule has 0 atom stereocenters. The summed E-state index contributed by atoms with van der Waals surface area (Å²) < 4.78 is 28.7. The molecule has 0 amide bonds. The summed E-state index contributed by atoms with van der Waals surface area (Å²) in [7, 11) is -2.17. The van der Waals surface area contributed by atoms with Gasteiger partial charge in [-0.25, -0.2) is 13.2 Å². The van der Waals surface area contributed by atoms with Crippen LogP contribution in [0.15, 0.2) is 18.2 Å². The van der Waals surface area contributed by atoms with Crippen molar-refractivity contribution in [2.45, 2.75) is 0 Å². The number of carbonyl (C=O) groups is 1. The highest BCUT2D eigenvalue weighted by atomic mass is 35.5. The third-order valence-corrected chi connectivity index (χ3v) is 2.61. The summed E-state index contributed by atoms with van der Waals surface area (Å²) in [5.41, 5.74) is 0.366. The van der Waals surface area contributed by atoms with Crippen LogP contribution in [0.5, 0.6) is 0 Å². The first-order valence-electron chi connectivity index (χ1n) is 4.19. The first-order chi connectivity index (χ1) is 7.33. The molecule has 0 aliphatic rings. The average Bonchev–Trinajstić information content (AvgIpc) is 2.18. The summed E-state index contributed by atoms with van der Waals surface area (Å²) >= 11 is 5.76. The number of ether oxygens (including phenoxy) is 1. The van der Waals surface area contributed by atoms with Crippen LogP contribution in [0.4, 0.5) is 5.69 Å². The zero-order chi connectivity index (χ0) is 12.3. The van der Waals surface area contributed by atoms with Crippen molar-refractivity contribution >= 4 is 33.3 Å². The molecule has 0 saturated heterocycles. The first-order valence-corrected chi connectivity index (χ1v) is 6.46. The Labute approximate surface area is 98.4 Å². The van der Waals surface area contributed by atoms with Crippen LogP contribution in [0.3, 0.4) is 0 Å². The highest BCUT2D eigenvalue weighted by Gasteiger charge is 2.12. The van der Waals surface area contributed by atoms with E-state index < -0.39 is 16.0 Å². The van der Waals surface area contributed by atoms with Gasteiger partial charge in [-0.05, 0) is 18.2 Å². The maximum Gasteiger partial charge on any atom is 0.339 e. The molecule has 88 valence electrons. The van der Waals surface area contributed by atoms with Crippen LogP contribution in [0.2, 0.25) is 5.02 Å². The van der Waals surface area contributed by atoms with Gasteiger partial charge in [-0.3, -0.25) is 4.72 Å². The number of nitrogens with one attached hydrogen (secondary N) is 1. The van der Waals surface area contributed by atoms with Crippen LogP contribution in [0, 0.1) is 0 Å². The number of halogens is 1. The Morgan fingerprint density at radius 2 is 2.06 bits per heavy atom. The number of benzene rings is 1. The summed E-state index contributed by atoms with van der Waals surface area (Å²) in [5.74, 6) is -0.623. The molecule has 0 spiro atoms. The minimum absolute atomic E-state index is 0.109. The lowest BCUT2D eigenvalue weighted by molar-refractivity contribution is 0.0601. The van der Waals surface area contributed by atoms with Crippen LogP contribution < -0.4 is 4.72 Å². The molecule has 0 heterocycles. The Hall–Kier alpha value is -1.27.